The smallest absolute Gasteiger partial charge is 0.347 e. The number of hydrazine groups is 1. The lowest BCUT2D eigenvalue weighted by molar-refractivity contribution is -0.150. The highest BCUT2D eigenvalue weighted by Gasteiger charge is 2.35. The Morgan fingerprint density at radius 1 is 1.28 bits per heavy atom. The SMILES string of the molecule is CCOC(=O)[C@H](C)Oc1c(OC)cc(/C=C2/C(=O)NN(c3ccccc3)C2=O)c(Br)c1Cl. The van der Waals surface area contributed by atoms with E-state index in [0.29, 0.717) is 15.7 Å². The van der Waals surface area contributed by atoms with Crippen LogP contribution >= 0.6 is 27.5 Å². The van der Waals surface area contributed by atoms with Crippen LogP contribution in [0.15, 0.2) is 46.4 Å². The van der Waals surface area contributed by atoms with Gasteiger partial charge in [0.2, 0.25) is 0 Å². The lowest BCUT2D eigenvalue weighted by Gasteiger charge is -2.18. The number of amides is 2. The Bertz CT molecular complexity index is 1090. The van der Waals surface area contributed by atoms with Crippen molar-refractivity contribution in [1.29, 1.82) is 0 Å². The van der Waals surface area contributed by atoms with Crippen LogP contribution in [0.1, 0.15) is 19.4 Å². The summed E-state index contributed by atoms with van der Waals surface area (Å²) in [6.07, 6.45) is 0.469. The van der Waals surface area contributed by atoms with Crippen molar-refractivity contribution in [3.05, 3.63) is 57.0 Å². The molecule has 3 rings (SSSR count). The summed E-state index contributed by atoms with van der Waals surface area (Å²) in [6.45, 7) is 3.43. The van der Waals surface area contributed by atoms with Crippen LogP contribution in [0.5, 0.6) is 11.5 Å². The van der Waals surface area contributed by atoms with E-state index in [1.54, 1.807) is 43.3 Å². The van der Waals surface area contributed by atoms with E-state index in [4.69, 9.17) is 25.8 Å². The van der Waals surface area contributed by atoms with E-state index in [9.17, 15) is 14.4 Å². The average molecular weight is 524 g/mol. The highest BCUT2D eigenvalue weighted by molar-refractivity contribution is 9.10. The second-order valence-corrected chi connectivity index (χ2v) is 7.78. The van der Waals surface area contributed by atoms with Crippen molar-refractivity contribution in [2.24, 2.45) is 0 Å². The number of nitrogens with zero attached hydrogens (tertiary/aromatic N) is 1. The number of para-hydroxylation sites is 1. The first-order chi connectivity index (χ1) is 15.3. The van der Waals surface area contributed by atoms with Crippen molar-refractivity contribution in [3.8, 4) is 11.5 Å². The molecule has 168 valence electrons. The van der Waals surface area contributed by atoms with E-state index in [2.05, 4.69) is 21.4 Å². The van der Waals surface area contributed by atoms with Gasteiger partial charge in [0.25, 0.3) is 11.8 Å². The van der Waals surface area contributed by atoms with Crippen LogP contribution in [-0.4, -0.2) is 37.6 Å². The molecule has 2 amide bonds. The summed E-state index contributed by atoms with van der Waals surface area (Å²) >= 11 is 9.84. The molecule has 0 aromatic heterocycles. The topological polar surface area (TPSA) is 94.2 Å². The molecule has 0 unspecified atom stereocenters. The minimum atomic E-state index is -0.931. The molecule has 0 bridgehead atoms. The molecule has 1 aliphatic heterocycles. The maximum absolute atomic E-state index is 12.8. The zero-order valence-corrected chi connectivity index (χ0v) is 19.8. The first kappa shape index (κ1) is 23.6. The van der Waals surface area contributed by atoms with Crippen LogP contribution in [-0.2, 0) is 19.1 Å². The number of hydrogen-bond acceptors (Lipinski definition) is 6. The van der Waals surface area contributed by atoms with Crippen molar-refractivity contribution in [2.45, 2.75) is 20.0 Å². The molecule has 1 aliphatic rings. The van der Waals surface area contributed by atoms with Crippen LogP contribution in [0.4, 0.5) is 5.69 Å². The van der Waals surface area contributed by atoms with Crippen molar-refractivity contribution < 1.29 is 28.6 Å². The van der Waals surface area contributed by atoms with Crippen molar-refractivity contribution in [1.82, 2.24) is 5.43 Å². The van der Waals surface area contributed by atoms with Gasteiger partial charge in [0.15, 0.2) is 17.6 Å². The van der Waals surface area contributed by atoms with Gasteiger partial charge in [-0.15, -0.1) is 0 Å². The maximum Gasteiger partial charge on any atom is 0.347 e. The molecule has 1 fully saturated rings. The number of hydrogen-bond donors (Lipinski definition) is 1. The van der Waals surface area contributed by atoms with Gasteiger partial charge in [0.05, 0.1) is 19.4 Å². The van der Waals surface area contributed by atoms with E-state index >= 15 is 0 Å². The maximum atomic E-state index is 12.8. The van der Waals surface area contributed by atoms with Gasteiger partial charge in [-0.3, -0.25) is 15.0 Å². The largest absolute Gasteiger partial charge is 0.493 e. The molecule has 0 radical (unpaired) electrons. The molecule has 1 atom stereocenters. The molecule has 1 saturated heterocycles. The highest BCUT2D eigenvalue weighted by Crippen LogP contribution is 2.44. The number of esters is 1. The van der Waals surface area contributed by atoms with Gasteiger partial charge in [0, 0.05) is 4.47 Å². The van der Waals surface area contributed by atoms with Gasteiger partial charge >= 0.3 is 5.97 Å². The minimum absolute atomic E-state index is 0.0822. The fourth-order valence-corrected chi connectivity index (χ4v) is 3.58. The molecule has 1 N–H and O–H groups in total. The summed E-state index contributed by atoms with van der Waals surface area (Å²) < 4.78 is 16.3. The Hall–Kier alpha value is -3.04. The number of halogens is 2. The molecule has 2 aromatic rings. The van der Waals surface area contributed by atoms with Gasteiger partial charge < -0.3 is 14.2 Å². The Kier molecular flexibility index (Phi) is 7.42. The molecule has 2 aromatic carbocycles. The zero-order valence-electron chi connectivity index (χ0n) is 17.5. The van der Waals surface area contributed by atoms with Gasteiger partial charge in [0.1, 0.15) is 10.6 Å². The van der Waals surface area contributed by atoms with E-state index < -0.39 is 23.9 Å². The monoisotopic (exact) mass is 522 g/mol. The number of benzene rings is 2. The van der Waals surface area contributed by atoms with Crippen LogP contribution in [0.2, 0.25) is 5.02 Å². The van der Waals surface area contributed by atoms with E-state index in [0.717, 1.165) is 0 Å². The van der Waals surface area contributed by atoms with Gasteiger partial charge in [-0.2, -0.15) is 0 Å². The summed E-state index contributed by atoms with van der Waals surface area (Å²) in [5, 5.41) is 1.28. The van der Waals surface area contributed by atoms with Crippen LogP contribution in [0.3, 0.4) is 0 Å². The van der Waals surface area contributed by atoms with Crippen LogP contribution in [0.25, 0.3) is 6.08 Å². The fourth-order valence-electron chi connectivity index (χ4n) is 2.93. The molecular weight excluding hydrogens is 504 g/mol. The summed E-state index contributed by atoms with van der Waals surface area (Å²) in [7, 11) is 1.41. The number of carbonyl (C=O) groups is 3. The Labute approximate surface area is 198 Å². The Balaban J connectivity index is 1.96. The van der Waals surface area contributed by atoms with Crippen molar-refractivity contribution in [2.75, 3.05) is 18.7 Å². The lowest BCUT2D eigenvalue weighted by Crippen LogP contribution is -2.35. The van der Waals surface area contributed by atoms with Gasteiger partial charge in [-0.1, -0.05) is 29.8 Å². The van der Waals surface area contributed by atoms with Crippen molar-refractivity contribution in [3.63, 3.8) is 0 Å². The Morgan fingerprint density at radius 3 is 2.59 bits per heavy atom. The fraction of sp³-hybridized carbons (Fsp3) is 0.227. The summed E-state index contributed by atoms with van der Waals surface area (Å²) in [5.74, 6) is -1.29. The lowest BCUT2D eigenvalue weighted by atomic mass is 10.1. The van der Waals surface area contributed by atoms with Gasteiger partial charge in [-0.05, 0) is 59.6 Å². The van der Waals surface area contributed by atoms with E-state index in [1.165, 1.54) is 25.1 Å². The molecule has 0 saturated carbocycles. The van der Waals surface area contributed by atoms with E-state index in [-0.39, 0.29) is 28.7 Å². The highest BCUT2D eigenvalue weighted by atomic mass is 79.9. The predicted octanol–water partition coefficient (Wildman–Crippen LogP) is 3.90. The standard InChI is InChI=1S/C22H20BrClN2O6/c1-4-31-22(29)12(2)32-19-16(30-3)11-13(17(23)18(19)24)10-15-20(27)25-26(21(15)28)14-8-6-5-7-9-14/h5-12H,4H2,1-3H3,(H,25,27)/b15-10-/t12-/m0/s1. The number of anilines is 1. The molecular formula is C22H20BrClN2O6. The quantitative estimate of drug-likeness (QED) is 0.336. The number of carbonyl (C=O) groups excluding carboxylic acids is 3. The summed E-state index contributed by atoms with van der Waals surface area (Å²) in [5.41, 5.74) is 3.40. The molecule has 10 heteroatoms. The molecule has 8 nitrogen and oxygen atoms in total. The first-order valence-electron chi connectivity index (χ1n) is 9.59. The number of ether oxygens (including phenoxy) is 3. The normalized spacial score (nSPS) is 15.5. The molecule has 32 heavy (non-hydrogen) atoms. The van der Waals surface area contributed by atoms with E-state index in [1.807, 2.05) is 0 Å². The third-order valence-electron chi connectivity index (χ3n) is 4.49. The third-order valence-corrected chi connectivity index (χ3v) is 5.94. The van der Waals surface area contributed by atoms with Gasteiger partial charge in [-0.25, -0.2) is 9.80 Å². The number of nitrogens with one attached hydrogen (secondary N) is 1. The second kappa shape index (κ2) is 10.1. The molecule has 0 aliphatic carbocycles. The van der Waals surface area contributed by atoms with Crippen molar-refractivity contribution >= 4 is 57.1 Å². The summed E-state index contributed by atoms with van der Waals surface area (Å²) in [6, 6.07) is 10.3. The van der Waals surface area contributed by atoms with Crippen LogP contribution < -0.4 is 19.9 Å². The summed E-state index contributed by atoms with van der Waals surface area (Å²) in [4.78, 5) is 37.2. The third kappa shape index (κ3) is 4.73. The second-order valence-electron chi connectivity index (χ2n) is 6.61. The predicted molar refractivity (Wildman–Crippen MR) is 122 cm³/mol. The number of methoxy groups -OCH3 is 1. The zero-order chi connectivity index (χ0) is 23.4. The average Bonchev–Trinajstić information content (AvgIpc) is 3.07. The minimum Gasteiger partial charge on any atom is -0.493 e. The van der Waals surface area contributed by atoms with Crippen LogP contribution in [0, 0.1) is 0 Å². The number of rotatable bonds is 7. The molecule has 0 spiro atoms. The first-order valence-corrected chi connectivity index (χ1v) is 10.8. The Morgan fingerprint density at radius 2 is 1.97 bits per heavy atom. The molecule has 1 heterocycles.